The van der Waals surface area contributed by atoms with Gasteiger partial charge in [-0.2, -0.15) is 4.37 Å². The molecule has 4 nitrogen and oxygen atoms in total. The molecule has 0 radical (unpaired) electrons. The van der Waals surface area contributed by atoms with Crippen LogP contribution in [-0.2, 0) is 0 Å². The smallest absolute Gasteiger partial charge is 0.203 e. The van der Waals surface area contributed by atoms with Crippen LogP contribution in [0.2, 0.25) is 0 Å². The summed E-state index contributed by atoms with van der Waals surface area (Å²) in [7, 11) is 0. The van der Waals surface area contributed by atoms with Crippen molar-refractivity contribution < 1.29 is 4.74 Å². The Balaban J connectivity index is 2.01. The molecule has 0 aliphatic carbocycles. The highest BCUT2D eigenvalue weighted by Gasteiger charge is 2.11. The van der Waals surface area contributed by atoms with E-state index in [-0.39, 0.29) is 6.04 Å². The van der Waals surface area contributed by atoms with Crippen molar-refractivity contribution in [3.05, 3.63) is 35.7 Å². The van der Waals surface area contributed by atoms with E-state index in [0.717, 1.165) is 16.7 Å². The number of ether oxygens (including phenoxy) is 1. The van der Waals surface area contributed by atoms with E-state index < -0.39 is 0 Å². The third-order valence-corrected chi connectivity index (χ3v) is 3.65. The van der Waals surface area contributed by atoms with Crippen LogP contribution in [0.3, 0.4) is 0 Å². The largest absolute Gasteiger partial charge is 0.494 e. The van der Waals surface area contributed by atoms with E-state index in [2.05, 4.69) is 47.6 Å². The van der Waals surface area contributed by atoms with Gasteiger partial charge >= 0.3 is 0 Å². The first-order valence-electron chi connectivity index (χ1n) is 6.93. The molecule has 0 spiro atoms. The van der Waals surface area contributed by atoms with Gasteiger partial charge in [0.05, 0.1) is 12.6 Å². The Labute approximate surface area is 124 Å². The zero-order valence-electron chi connectivity index (χ0n) is 12.4. The van der Waals surface area contributed by atoms with E-state index in [1.807, 2.05) is 19.1 Å². The molecule has 1 atom stereocenters. The summed E-state index contributed by atoms with van der Waals surface area (Å²) in [6.07, 6.45) is 0. The monoisotopic (exact) mass is 291 g/mol. The molecule has 2 aromatic rings. The van der Waals surface area contributed by atoms with Gasteiger partial charge in [0.2, 0.25) is 5.13 Å². The van der Waals surface area contributed by atoms with Crippen LogP contribution in [0.25, 0.3) is 0 Å². The number of anilines is 1. The summed E-state index contributed by atoms with van der Waals surface area (Å²) >= 11 is 1.42. The van der Waals surface area contributed by atoms with Crippen LogP contribution in [0.4, 0.5) is 5.13 Å². The van der Waals surface area contributed by atoms with Crippen molar-refractivity contribution in [3.63, 3.8) is 0 Å². The van der Waals surface area contributed by atoms with E-state index in [9.17, 15) is 0 Å². The average molecular weight is 291 g/mol. The van der Waals surface area contributed by atoms with Crippen molar-refractivity contribution in [1.29, 1.82) is 0 Å². The van der Waals surface area contributed by atoms with Crippen LogP contribution in [0, 0.1) is 0 Å². The molecule has 1 heterocycles. The fourth-order valence-corrected chi connectivity index (χ4v) is 2.61. The van der Waals surface area contributed by atoms with Crippen molar-refractivity contribution in [3.8, 4) is 5.75 Å². The standard InChI is InChI=1S/C15H21N3OS/c1-5-19-13-8-6-12(7-9-13)11(4)16-15-17-14(10(2)3)18-20-15/h6-11H,5H2,1-4H3,(H,16,17,18). The van der Waals surface area contributed by atoms with Crippen LogP contribution in [0.5, 0.6) is 5.75 Å². The van der Waals surface area contributed by atoms with Gasteiger partial charge in [-0.25, -0.2) is 4.98 Å². The summed E-state index contributed by atoms with van der Waals surface area (Å²) < 4.78 is 9.80. The lowest BCUT2D eigenvalue weighted by Gasteiger charge is -2.13. The van der Waals surface area contributed by atoms with Crippen LogP contribution in [-0.4, -0.2) is 16.0 Å². The highest BCUT2D eigenvalue weighted by molar-refractivity contribution is 7.09. The van der Waals surface area contributed by atoms with Gasteiger partial charge in [-0.05, 0) is 31.5 Å². The SMILES string of the molecule is CCOc1ccc(C(C)Nc2nc(C(C)C)ns2)cc1. The second-order valence-electron chi connectivity index (χ2n) is 4.98. The van der Waals surface area contributed by atoms with Crippen LogP contribution < -0.4 is 10.1 Å². The lowest BCUT2D eigenvalue weighted by Crippen LogP contribution is -2.06. The van der Waals surface area contributed by atoms with Gasteiger partial charge in [-0.1, -0.05) is 26.0 Å². The molecular weight excluding hydrogens is 270 g/mol. The Bertz CT molecular complexity index is 536. The Morgan fingerprint density at radius 1 is 1.20 bits per heavy atom. The van der Waals surface area contributed by atoms with Crippen molar-refractivity contribution in [2.45, 2.75) is 39.7 Å². The van der Waals surface area contributed by atoms with Gasteiger partial charge in [0.15, 0.2) is 0 Å². The van der Waals surface area contributed by atoms with Gasteiger partial charge in [0, 0.05) is 17.5 Å². The van der Waals surface area contributed by atoms with E-state index in [1.165, 1.54) is 17.1 Å². The zero-order chi connectivity index (χ0) is 14.5. The second kappa shape index (κ2) is 6.70. The molecule has 2 rings (SSSR count). The lowest BCUT2D eigenvalue weighted by molar-refractivity contribution is 0.340. The topological polar surface area (TPSA) is 47.0 Å². The van der Waals surface area contributed by atoms with Gasteiger partial charge < -0.3 is 10.1 Å². The molecule has 0 bridgehead atoms. The van der Waals surface area contributed by atoms with Gasteiger partial charge in [-0.3, -0.25) is 0 Å². The molecule has 108 valence electrons. The molecule has 0 saturated carbocycles. The Hall–Kier alpha value is -1.62. The van der Waals surface area contributed by atoms with Crippen molar-refractivity contribution in [2.75, 3.05) is 11.9 Å². The summed E-state index contributed by atoms with van der Waals surface area (Å²) in [5.74, 6) is 2.17. The fraction of sp³-hybridized carbons (Fsp3) is 0.467. The Kier molecular flexibility index (Phi) is 4.95. The van der Waals surface area contributed by atoms with Crippen LogP contribution >= 0.6 is 11.5 Å². The first kappa shape index (κ1) is 14.8. The molecule has 0 fully saturated rings. The summed E-state index contributed by atoms with van der Waals surface area (Å²) in [5.41, 5.74) is 1.20. The molecule has 20 heavy (non-hydrogen) atoms. The number of aromatic nitrogens is 2. The van der Waals surface area contributed by atoms with Gasteiger partial charge in [0.25, 0.3) is 0 Å². The predicted octanol–water partition coefficient (Wildman–Crippen LogP) is 4.23. The number of rotatable bonds is 6. The lowest BCUT2D eigenvalue weighted by atomic mass is 10.1. The van der Waals surface area contributed by atoms with Gasteiger partial charge in [-0.15, -0.1) is 0 Å². The highest BCUT2D eigenvalue weighted by Crippen LogP contribution is 2.24. The normalized spacial score (nSPS) is 12.4. The minimum Gasteiger partial charge on any atom is -0.494 e. The number of hydrogen-bond donors (Lipinski definition) is 1. The molecule has 5 heteroatoms. The van der Waals surface area contributed by atoms with Crippen molar-refractivity contribution in [2.24, 2.45) is 0 Å². The molecule has 0 aliphatic heterocycles. The summed E-state index contributed by atoms with van der Waals surface area (Å²) in [4.78, 5) is 4.49. The summed E-state index contributed by atoms with van der Waals surface area (Å²) in [6.45, 7) is 8.99. The third-order valence-electron chi connectivity index (χ3n) is 2.99. The zero-order valence-corrected chi connectivity index (χ0v) is 13.2. The number of nitrogens with zero attached hydrogens (tertiary/aromatic N) is 2. The summed E-state index contributed by atoms with van der Waals surface area (Å²) in [6, 6.07) is 8.34. The molecule has 1 unspecified atom stereocenters. The average Bonchev–Trinajstić information content (AvgIpc) is 2.88. The molecule has 1 N–H and O–H groups in total. The quantitative estimate of drug-likeness (QED) is 0.865. The molecule has 0 saturated heterocycles. The van der Waals surface area contributed by atoms with Gasteiger partial charge in [0.1, 0.15) is 11.6 Å². The predicted molar refractivity (Wildman–Crippen MR) is 83.6 cm³/mol. The first-order chi connectivity index (χ1) is 9.60. The van der Waals surface area contributed by atoms with Crippen LogP contribution in [0.1, 0.15) is 51.0 Å². The first-order valence-corrected chi connectivity index (χ1v) is 7.70. The summed E-state index contributed by atoms with van der Waals surface area (Å²) in [5, 5.41) is 4.26. The number of hydrogen-bond acceptors (Lipinski definition) is 5. The number of nitrogens with one attached hydrogen (secondary N) is 1. The van der Waals surface area contributed by atoms with E-state index in [4.69, 9.17) is 4.74 Å². The second-order valence-corrected chi connectivity index (χ2v) is 5.73. The Morgan fingerprint density at radius 3 is 2.45 bits per heavy atom. The van der Waals surface area contributed by atoms with E-state index in [0.29, 0.717) is 12.5 Å². The molecule has 0 amide bonds. The van der Waals surface area contributed by atoms with Crippen LogP contribution in [0.15, 0.2) is 24.3 Å². The molecular formula is C15H21N3OS. The fourth-order valence-electron chi connectivity index (χ4n) is 1.82. The highest BCUT2D eigenvalue weighted by atomic mass is 32.1. The van der Waals surface area contributed by atoms with Crippen molar-refractivity contribution >= 4 is 16.7 Å². The molecule has 1 aromatic carbocycles. The van der Waals surface area contributed by atoms with Crippen molar-refractivity contribution in [1.82, 2.24) is 9.36 Å². The van der Waals surface area contributed by atoms with E-state index >= 15 is 0 Å². The Morgan fingerprint density at radius 2 is 1.90 bits per heavy atom. The molecule has 1 aromatic heterocycles. The maximum atomic E-state index is 5.45. The number of benzene rings is 1. The minimum absolute atomic E-state index is 0.193. The third kappa shape index (κ3) is 3.70. The maximum absolute atomic E-state index is 5.45. The molecule has 0 aliphatic rings. The minimum atomic E-state index is 0.193. The maximum Gasteiger partial charge on any atom is 0.203 e. The van der Waals surface area contributed by atoms with E-state index in [1.54, 1.807) is 0 Å².